The molecule has 0 spiro atoms. The molecule has 2 N–H and O–H groups in total. The molecule has 1 saturated heterocycles. The Balaban J connectivity index is 1.35. The molecule has 1 saturated carbocycles. The van der Waals surface area contributed by atoms with Crippen molar-refractivity contribution in [1.82, 2.24) is 19.7 Å². The highest BCUT2D eigenvalue weighted by molar-refractivity contribution is 5.87. The van der Waals surface area contributed by atoms with Gasteiger partial charge in [-0.15, -0.1) is 0 Å². The summed E-state index contributed by atoms with van der Waals surface area (Å²) >= 11 is 0. The van der Waals surface area contributed by atoms with E-state index in [1.165, 1.54) is 12.8 Å². The van der Waals surface area contributed by atoms with Crippen molar-refractivity contribution in [2.75, 3.05) is 13.2 Å². The average Bonchev–Trinajstić information content (AvgIpc) is 3.17. The highest BCUT2D eigenvalue weighted by Gasteiger charge is 2.30. The monoisotopic (exact) mass is 406 g/mol. The summed E-state index contributed by atoms with van der Waals surface area (Å²) in [5, 5.41) is 15.7. The van der Waals surface area contributed by atoms with Crippen LogP contribution in [0.3, 0.4) is 0 Å². The fourth-order valence-corrected chi connectivity index (χ4v) is 4.55. The van der Waals surface area contributed by atoms with Crippen molar-refractivity contribution in [2.45, 2.75) is 56.6 Å². The lowest BCUT2D eigenvalue weighted by Crippen LogP contribution is -2.15. The lowest BCUT2D eigenvalue weighted by atomic mass is 9.96. The molecule has 30 heavy (non-hydrogen) atoms. The summed E-state index contributed by atoms with van der Waals surface area (Å²) < 4.78 is 14.1. The third-order valence-electron chi connectivity index (χ3n) is 6.40. The molecule has 6 rings (SSSR count). The van der Waals surface area contributed by atoms with Gasteiger partial charge >= 0.3 is 0 Å². The van der Waals surface area contributed by atoms with Crippen LogP contribution in [-0.2, 0) is 4.74 Å². The largest absolute Gasteiger partial charge is 0.453 e. The molecule has 156 valence electrons. The van der Waals surface area contributed by atoms with E-state index in [-0.39, 0.29) is 6.10 Å². The Kier molecular flexibility index (Phi) is 4.39. The van der Waals surface area contributed by atoms with Crippen molar-refractivity contribution >= 4 is 16.6 Å². The molecule has 7 nitrogen and oxygen atoms in total. The first-order chi connectivity index (χ1) is 14.7. The highest BCUT2D eigenvalue weighted by atomic mass is 16.5. The lowest BCUT2D eigenvalue weighted by Gasteiger charge is -2.21. The molecule has 2 aliphatic carbocycles. The number of nitrogens with one attached hydrogen (secondary N) is 1. The Morgan fingerprint density at radius 2 is 2.03 bits per heavy atom. The normalized spacial score (nSPS) is 22.6. The van der Waals surface area contributed by atoms with Crippen LogP contribution < -0.4 is 4.74 Å². The number of aromatic nitrogens is 4. The summed E-state index contributed by atoms with van der Waals surface area (Å²) in [5.41, 5.74) is 3.99. The third kappa shape index (κ3) is 3.32. The number of aliphatic hydroxyl groups excluding tert-OH is 1. The van der Waals surface area contributed by atoms with E-state index in [1.54, 1.807) is 6.20 Å². The van der Waals surface area contributed by atoms with Crippen LogP contribution in [0.4, 0.5) is 0 Å². The van der Waals surface area contributed by atoms with Crippen LogP contribution in [-0.4, -0.2) is 44.2 Å². The van der Waals surface area contributed by atoms with Crippen molar-refractivity contribution in [2.24, 2.45) is 0 Å². The molecule has 2 fully saturated rings. The molecule has 3 aromatic rings. The van der Waals surface area contributed by atoms with Gasteiger partial charge in [0, 0.05) is 37.4 Å². The minimum Gasteiger partial charge on any atom is -0.453 e. The van der Waals surface area contributed by atoms with Crippen molar-refractivity contribution in [3.8, 4) is 11.5 Å². The number of ether oxygens (including phenoxy) is 2. The number of H-pyrrole nitrogens is 1. The topological polar surface area (TPSA) is 85.2 Å². The Hall–Kier alpha value is -2.64. The first-order valence-corrected chi connectivity index (χ1v) is 10.9. The van der Waals surface area contributed by atoms with Crippen LogP contribution in [0.1, 0.15) is 61.9 Å². The fourth-order valence-electron chi connectivity index (χ4n) is 4.55. The van der Waals surface area contributed by atoms with Gasteiger partial charge < -0.3 is 19.6 Å². The van der Waals surface area contributed by atoms with Crippen molar-refractivity contribution in [3.05, 3.63) is 42.0 Å². The maximum absolute atomic E-state index is 9.87. The smallest absolute Gasteiger partial charge is 0.168 e. The van der Waals surface area contributed by atoms with Crippen LogP contribution in [0, 0.1) is 0 Å². The Bertz CT molecular complexity index is 1110. The zero-order valence-electron chi connectivity index (χ0n) is 16.9. The van der Waals surface area contributed by atoms with Gasteiger partial charge in [-0.25, -0.2) is 4.98 Å². The molecule has 1 aliphatic heterocycles. The van der Waals surface area contributed by atoms with Crippen LogP contribution in [0.25, 0.3) is 16.6 Å². The molecule has 1 atom stereocenters. The van der Waals surface area contributed by atoms with Crippen LogP contribution in [0.15, 0.2) is 30.6 Å². The molecule has 3 aliphatic rings. The first kappa shape index (κ1) is 18.2. The van der Waals surface area contributed by atoms with Gasteiger partial charge in [0.25, 0.3) is 0 Å². The van der Waals surface area contributed by atoms with Gasteiger partial charge in [-0.3, -0.25) is 4.68 Å². The zero-order valence-corrected chi connectivity index (χ0v) is 16.9. The third-order valence-corrected chi connectivity index (χ3v) is 6.40. The van der Waals surface area contributed by atoms with Crippen molar-refractivity contribution in [3.63, 3.8) is 0 Å². The molecular formula is C23H26N4O3. The number of aliphatic hydroxyl groups is 1. The van der Waals surface area contributed by atoms with E-state index in [9.17, 15) is 5.11 Å². The number of nitrogens with zero attached hydrogens (tertiary/aromatic N) is 3. The maximum atomic E-state index is 9.87. The van der Waals surface area contributed by atoms with Gasteiger partial charge in [-0.05, 0) is 49.8 Å². The van der Waals surface area contributed by atoms with Crippen LogP contribution in [0.2, 0.25) is 0 Å². The minimum absolute atomic E-state index is 0.287. The molecule has 0 amide bonds. The van der Waals surface area contributed by atoms with E-state index in [4.69, 9.17) is 14.6 Å². The van der Waals surface area contributed by atoms with Crippen molar-refractivity contribution < 1.29 is 14.6 Å². The SMILES string of the molecule is OC1CC=C(c2cc3c(Oc4cn(C5CC5)nc4C4CCOCC4)ccnc3[nH]2)C1. The summed E-state index contributed by atoms with van der Waals surface area (Å²) in [6.07, 6.45) is 11.4. The van der Waals surface area contributed by atoms with Gasteiger partial charge in [0.05, 0.1) is 23.7 Å². The number of pyridine rings is 1. The number of hydrogen-bond donors (Lipinski definition) is 2. The summed E-state index contributed by atoms with van der Waals surface area (Å²) in [7, 11) is 0. The molecule has 4 heterocycles. The fraction of sp³-hybridized carbons (Fsp3) is 0.478. The lowest BCUT2D eigenvalue weighted by molar-refractivity contribution is 0.0839. The molecule has 7 heteroatoms. The first-order valence-electron chi connectivity index (χ1n) is 10.9. The summed E-state index contributed by atoms with van der Waals surface area (Å²) in [4.78, 5) is 7.88. The Morgan fingerprint density at radius 3 is 2.80 bits per heavy atom. The van der Waals surface area contributed by atoms with Gasteiger partial charge in [0.1, 0.15) is 17.1 Å². The number of fused-ring (bicyclic) bond motifs is 1. The molecule has 0 aromatic carbocycles. The molecule has 0 bridgehead atoms. The van der Waals surface area contributed by atoms with Crippen molar-refractivity contribution in [1.29, 1.82) is 0 Å². The van der Waals surface area contributed by atoms with E-state index >= 15 is 0 Å². The second-order valence-electron chi connectivity index (χ2n) is 8.66. The summed E-state index contributed by atoms with van der Waals surface area (Å²) in [6, 6.07) is 4.51. The molecular weight excluding hydrogens is 380 g/mol. The van der Waals surface area contributed by atoms with Gasteiger partial charge in [0.2, 0.25) is 0 Å². The van der Waals surface area contributed by atoms with Gasteiger partial charge in [-0.1, -0.05) is 6.08 Å². The summed E-state index contributed by atoms with van der Waals surface area (Å²) in [6.45, 7) is 1.56. The standard InChI is InChI=1S/C23H26N4O3/c28-17-4-1-15(11-17)19-12-18-20(5-8-24-23(18)25-19)30-21-13-27(16-2-3-16)26-22(21)14-6-9-29-10-7-14/h1,5,8,12-14,16-17,28H,2-4,6-7,9-11H2,(H,24,25). The zero-order chi connectivity index (χ0) is 20.1. The second-order valence-corrected chi connectivity index (χ2v) is 8.66. The van der Waals surface area contributed by atoms with Gasteiger partial charge in [0.15, 0.2) is 5.75 Å². The highest BCUT2D eigenvalue weighted by Crippen LogP contribution is 2.41. The Labute approximate surface area is 174 Å². The number of aromatic amines is 1. The number of rotatable bonds is 5. The van der Waals surface area contributed by atoms with Gasteiger partial charge in [-0.2, -0.15) is 5.10 Å². The average molecular weight is 406 g/mol. The van der Waals surface area contributed by atoms with Crippen LogP contribution in [0.5, 0.6) is 11.5 Å². The van der Waals surface area contributed by atoms with E-state index in [0.717, 1.165) is 65.5 Å². The Morgan fingerprint density at radius 1 is 1.17 bits per heavy atom. The predicted octanol–water partition coefficient (Wildman–Crippen LogP) is 4.32. The van der Waals surface area contributed by atoms with Crippen LogP contribution >= 0.6 is 0 Å². The molecule has 0 radical (unpaired) electrons. The maximum Gasteiger partial charge on any atom is 0.168 e. The van der Waals surface area contributed by atoms with E-state index in [0.29, 0.717) is 24.8 Å². The predicted molar refractivity (Wildman–Crippen MR) is 113 cm³/mol. The minimum atomic E-state index is -0.287. The quantitative estimate of drug-likeness (QED) is 0.659. The molecule has 3 aromatic heterocycles. The van der Waals surface area contributed by atoms with E-state index in [1.807, 2.05) is 6.07 Å². The number of hydrogen-bond acceptors (Lipinski definition) is 5. The molecule has 1 unspecified atom stereocenters. The van der Waals surface area contributed by atoms with E-state index in [2.05, 4.69) is 33.0 Å². The van der Waals surface area contributed by atoms with E-state index < -0.39 is 0 Å². The summed E-state index contributed by atoms with van der Waals surface area (Å²) in [5.74, 6) is 2.00. The second kappa shape index (κ2) is 7.25.